The highest BCUT2D eigenvalue weighted by molar-refractivity contribution is 5.79. The van der Waals surface area contributed by atoms with E-state index in [1.165, 1.54) is 0 Å². The maximum absolute atomic E-state index is 12.3. The van der Waals surface area contributed by atoms with Crippen molar-refractivity contribution in [2.45, 2.75) is 39.5 Å². The Bertz CT molecular complexity index is 298. The van der Waals surface area contributed by atoms with Gasteiger partial charge in [0.25, 0.3) is 0 Å². The zero-order valence-corrected chi connectivity index (χ0v) is 11.9. The van der Waals surface area contributed by atoms with Gasteiger partial charge in [0.1, 0.15) is 0 Å². The van der Waals surface area contributed by atoms with Crippen molar-refractivity contribution in [2.75, 3.05) is 26.3 Å². The molecular formula is C14H25NO4. The summed E-state index contributed by atoms with van der Waals surface area (Å²) in [6.07, 6.45) is 2.63. The van der Waals surface area contributed by atoms with E-state index in [1.807, 2.05) is 18.7 Å². The van der Waals surface area contributed by atoms with E-state index in [0.29, 0.717) is 52.0 Å². The first-order valence-electron chi connectivity index (χ1n) is 7.19. The number of nitrogens with zero attached hydrogens (tertiary/aromatic N) is 1. The molecule has 0 aliphatic heterocycles. The first-order chi connectivity index (χ1) is 9.10. The fourth-order valence-electron chi connectivity index (χ4n) is 2.59. The number of ether oxygens (including phenoxy) is 1. The minimum atomic E-state index is -0.727. The maximum atomic E-state index is 12.3. The zero-order valence-electron chi connectivity index (χ0n) is 11.9. The smallest absolute Gasteiger partial charge is 0.306 e. The van der Waals surface area contributed by atoms with Crippen LogP contribution in [-0.2, 0) is 14.3 Å². The van der Waals surface area contributed by atoms with Crippen LogP contribution in [0.1, 0.15) is 39.5 Å². The molecule has 1 aliphatic carbocycles. The highest BCUT2D eigenvalue weighted by Crippen LogP contribution is 2.30. The number of amides is 1. The van der Waals surface area contributed by atoms with Crippen LogP contribution in [-0.4, -0.2) is 48.2 Å². The molecule has 1 aliphatic rings. The van der Waals surface area contributed by atoms with Crippen molar-refractivity contribution in [2.24, 2.45) is 11.8 Å². The zero-order chi connectivity index (χ0) is 14.3. The third-order valence-corrected chi connectivity index (χ3v) is 3.83. The summed E-state index contributed by atoms with van der Waals surface area (Å²) >= 11 is 0. The molecule has 0 spiro atoms. The van der Waals surface area contributed by atoms with E-state index >= 15 is 0 Å². The molecule has 0 bridgehead atoms. The summed E-state index contributed by atoms with van der Waals surface area (Å²) in [5, 5.41) is 8.95. The highest BCUT2D eigenvalue weighted by atomic mass is 16.5. The van der Waals surface area contributed by atoms with Gasteiger partial charge in [0.2, 0.25) is 5.91 Å². The van der Waals surface area contributed by atoms with E-state index in [2.05, 4.69) is 0 Å². The van der Waals surface area contributed by atoms with E-state index in [4.69, 9.17) is 9.84 Å². The number of rotatable bonds is 7. The first kappa shape index (κ1) is 16.0. The molecule has 0 aromatic heterocycles. The lowest BCUT2D eigenvalue weighted by molar-refractivity contribution is -0.145. The average molecular weight is 271 g/mol. The summed E-state index contributed by atoms with van der Waals surface area (Å²) in [6, 6.07) is 0. The van der Waals surface area contributed by atoms with Crippen LogP contribution in [0.3, 0.4) is 0 Å². The van der Waals surface area contributed by atoms with Gasteiger partial charge in [-0.1, -0.05) is 0 Å². The number of carbonyl (C=O) groups is 2. The van der Waals surface area contributed by atoms with Crippen molar-refractivity contribution in [3.8, 4) is 0 Å². The van der Waals surface area contributed by atoms with Gasteiger partial charge in [-0.2, -0.15) is 0 Å². The second kappa shape index (κ2) is 8.15. The van der Waals surface area contributed by atoms with Crippen molar-refractivity contribution in [1.82, 2.24) is 4.90 Å². The topological polar surface area (TPSA) is 66.8 Å². The van der Waals surface area contributed by atoms with Crippen LogP contribution in [0.15, 0.2) is 0 Å². The molecule has 1 N–H and O–H groups in total. The van der Waals surface area contributed by atoms with Gasteiger partial charge < -0.3 is 14.7 Å². The molecule has 0 aromatic carbocycles. The molecule has 1 fully saturated rings. The van der Waals surface area contributed by atoms with Crippen molar-refractivity contribution < 1.29 is 19.4 Å². The van der Waals surface area contributed by atoms with Gasteiger partial charge in [0.15, 0.2) is 0 Å². The minimum absolute atomic E-state index is 0.00261. The minimum Gasteiger partial charge on any atom is -0.481 e. The van der Waals surface area contributed by atoms with Crippen LogP contribution in [0.5, 0.6) is 0 Å². The molecule has 0 atom stereocenters. The van der Waals surface area contributed by atoms with Gasteiger partial charge in [-0.15, -0.1) is 0 Å². The second-order valence-electron chi connectivity index (χ2n) is 5.00. The first-order valence-corrected chi connectivity index (χ1v) is 7.19. The predicted octanol–water partition coefficient (Wildman–Crippen LogP) is 1.76. The van der Waals surface area contributed by atoms with E-state index in [0.717, 1.165) is 0 Å². The van der Waals surface area contributed by atoms with E-state index < -0.39 is 5.97 Å². The van der Waals surface area contributed by atoms with Gasteiger partial charge in [-0.3, -0.25) is 9.59 Å². The average Bonchev–Trinajstić information content (AvgIpc) is 2.43. The normalized spacial score (nSPS) is 23.1. The fraction of sp³-hybridized carbons (Fsp3) is 0.857. The number of likely N-dealkylation sites (N-methyl/N-ethyl adjacent to an activating group) is 1. The van der Waals surface area contributed by atoms with Crippen molar-refractivity contribution in [1.29, 1.82) is 0 Å². The lowest BCUT2D eigenvalue weighted by atomic mass is 9.81. The molecule has 0 saturated heterocycles. The molecule has 19 heavy (non-hydrogen) atoms. The molecular weight excluding hydrogens is 246 g/mol. The summed E-state index contributed by atoms with van der Waals surface area (Å²) in [4.78, 5) is 25.0. The quantitative estimate of drug-likeness (QED) is 0.716. The predicted molar refractivity (Wildman–Crippen MR) is 71.8 cm³/mol. The van der Waals surface area contributed by atoms with Crippen molar-refractivity contribution in [3.05, 3.63) is 0 Å². The van der Waals surface area contributed by atoms with Crippen LogP contribution in [0.25, 0.3) is 0 Å². The van der Waals surface area contributed by atoms with Crippen LogP contribution in [0.2, 0.25) is 0 Å². The Morgan fingerprint density at radius 1 is 1.16 bits per heavy atom. The summed E-state index contributed by atoms with van der Waals surface area (Å²) in [7, 11) is 0. The van der Waals surface area contributed by atoms with Crippen LogP contribution in [0.4, 0.5) is 0 Å². The van der Waals surface area contributed by atoms with E-state index in [9.17, 15) is 9.59 Å². The molecule has 1 amide bonds. The molecule has 1 rings (SSSR count). The monoisotopic (exact) mass is 271 g/mol. The van der Waals surface area contributed by atoms with E-state index in [1.54, 1.807) is 0 Å². The highest BCUT2D eigenvalue weighted by Gasteiger charge is 2.31. The molecule has 0 unspecified atom stereocenters. The molecule has 0 aromatic rings. The molecule has 5 nitrogen and oxygen atoms in total. The van der Waals surface area contributed by atoms with Gasteiger partial charge in [-0.05, 0) is 39.5 Å². The van der Waals surface area contributed by atoms with Crippen LogP contribution in [0, 0.1) is 11.8 Å². The van der Waals surface area contributed by atoms with Gasteiger partial charge in [0, 0.05) is 25.6 Å². The third-order valence-electron chi connectivity index (χ3n) is 3.83. The van der Waals surface area contributed by atoms with Crippen LogP contribution >= 0.6 is 0 Å². The maximum Gasteiger partial charge on any atom is 0.306 e. The Kier molecular flexibility index (Phi) is 6.84. The Labute approximate surface area is 114 Å². The van der Waals surface area contributed by atoms with Crippen molar-refractivity contribution >= 4 is 11.9 Å². The standard InChI is InChI=1S/C14H25NO4/c1-3-15(9-10-19-4-2)13(16)11-5-7-12(8-6-11)14(17)18/h11-12H,3-10H2,1-2H3,(H,17,18). The van der Waals surface area contributed by atoms with Gasteiger partial charge in [-0.25, -0.2) is 0 Å². The SMILES string of the molecule is CCOCCN(CC)C(=O)C1CCC(C(=O)O)CC1. The Hall–Kier alpha value is -1.10. The van der Waals surface area contributed by atoms with Crippen LogP contribution < -0.4 is 0 Å². The number of carboxylic acids is 1. The van der Waals surface area contributed by atoms with Gasteiger partial charge in [0.05, 0.1) is 12.5 Å². The Morgan fingerprint density at radius 3 is 2.21 bits per heavy atom. The number of hydrogen-bond acceptors (Lipinski definition) is 3. The number of carboxylic acid groups (broad SMARTS) is 1. The Morgan fingerprint density at radius 2 is 1.74 bits per heavy atom. The summed E-state index contributed by atoms with van der Waals surface area (Å²) in [6.45, 7) is 6.45. The van der Waals surface area contributed by atoms with Gasteiger partial charge >= 0.3 is 5.97 Å². The summed E-state index contributed by atoms with van der Waals surface area (Å²) in [5.74, 6) is -0.833. The molecule has 0 heterocycles. The lowest BCUT2D eigenvalue weighted by Crippen LogP contribution is -2.40. The van der Waals surface area contributed by atoms with Crippen molar-refractivity contribution in [3.63, 3.8) is 0 Å². The third kappa shape index (κ3) is 4.82. The van der Waals surface area contributed by atoms with E-state index in [-0.39, 0.29) is 17.7 Å². The largest absolute Gasteiger partial charge is 0.481 e. The summed E-state index contributed by atoms with van der Waals surface area (Å²) < 4.78 is 5.28. The summed E-state index contributed by atoms with van der Waals surface area (Å²) in [5.41, 5.74) is 0. The fourth-order valence-corrected chi connectivity index (χ4v) is 2.59. The Balaban J connectivity index is 2.41. The number of carbonyl (C=O) groups excluding carboxylic acids is 1. The molecule has 5 heteroatoms. The molecule has 110 valence electrons. The number of aliphatic carboxylic acids is 1. The number of hydrogen-bond donors (Lipinski definition) is 1. The molecule has 0 radical (unpaired) electrons. The second-order valence-corrected chi connectivity index (χ2v) is 5.00. The lowest BCUT2D eigenvalue weighted by Gasteiger charge is -2.30. The molecule has 1 saturated carbocycles.